The van der Waals surface area contributed by atoms with Crippen LogP contribution < -0.4 is 26.4 Å². The fourth-order valence-corrected chi connectivity index (χ4v) is 5.47. The van der Waals surface area contributed by atoms with Crippen LogP contribution in [0.3, 0.4) is 0 Å². The summed E-state index contributed by atoms with van der Waals surface area (Å²) in [5.41, 5.74) is 9.59. The largest absolute Gasteiger partial charge is 0.497 e. The Hall–Kier alpha value is -5.72. The highest BCUT2D eigenvalue weighted by Gasteiger charge is 2.38. The highest BCUT2D eigenvalue weighted by molar-refractivity contribution is 6.04. The molecule has 45 heavy (non-hydrogen) atoms. The summed E-state index contributed by atoms with van der Waals surface area (Å²) in [6.07, 6.45) is 0.390. The summed E-state index contributed by atoms with van der Waals surface area (Å²) in [6.45, 7) is 2.41. The van der Waals surface area contributed by atoms with Crippen LogP contribution in [-0.4, -0.2) is 72.1 Å². The normalized spacial score (nSPS) is 17.8. The van der Waals surface area contributed by atoms with Gasteiger partial charge in [-0.2, -0.15) is 0 Å². The predicted molar refractivity (Wildman–Crippen MR) is 162 cm³/mol. The van der Waals surface area contributed by atoms with E-state index in [2.05, 4.69) is 16.0 Å². The van der Waals surface area contributed by atoms with E-state index in [9.17, 15) is 28.8 Å². The van der Waals surface area contributed by atoms with Gasteiger partial charge in [0.1, 0.15) is 17.3 Å². The van der Waals surface area contributed by atoms with Gasteiger partial charge in [-0.1, -0.05) is 36.4 Å². The minimum Gasteiger partial charge on any atom is -0.497 e. The minimum absolute atomic E-state index is 0.0478. The van der Waals surface area contributed by atoms with Crippen molar-refractivity contribution in [2.75, 3.05) is 20.7 Å². The van der Waals surface area contributed by atoms with E-state index in [1.54, 1.807) is 43.3 Å². The van der Waals surface area contributed by atoms with E-state index in [-0.39, 0.29) is 24.9 Å². The lowest BCUT2D eigenvalue weighted by molar-refractivity contribution is -0.127. The number of methoxy groups -OCH3 is 1. The standard InChI is InChI=1S/C22H21N5O5.C10H11NO2/c1-22(20(23)31,24-11-28)10-27-9-15-8-14(6-7-16(15)19(27)30)12-2-4-13(5-3-12)17-18(29)26-21(32)25-17;1-11-6-7-3-4-8(13-2)5-9(7)10(11)12/h2-8,11,17H,9-10H2,1H3,(H2,23,31)(H,24,28)(H2,25,26,29,32);3-5H,6H2,1-2H3. The molecule has 7 amide bonds. The molecule has 0 aliphatic carbocycles. The number of nitrogens with zero attached hydrogens (tertiary/aromatic N) is 2. The number of hydrogen-bond donors (Lipinski definition) is 4. The number of imide groups is 1. The fraction of sp³-hybridized carbons (Fsp3) is 0.250. The topological polar surface area (TPSA) is 180 Å². The van der Waals surface area contributed by atoms with Crippen molar-refractivity contribution in [3.63, 3.8) is 0 Å². The van der Waals surface area contributed by atoms with Crippen LogP contribution in [0.4, 0.5) is 4.79 Å². The van der Waals surface area contributed by atoms with E-state index in [0.717, 1.165) is 33.6 Å². The average molecular weight is 613 g/mol. The minimum atomic E-state index is -1.37. The summed E-state index contributed by atoms with van der Waals surface area (Å²) in [4.78, 5) is 73.3. The summed E-state index contributed by atoms with van der Waals surface area (Å²) in [5, 5.41) is 7.16. The molecule has 3 aromatic carbocycles. The van der Waals surface area contributed by atoms with Crippen LogP contribution in [0.2, 0.25) is 0 Å². The lowest BCUT2D eigenvalue weighted by Gasteiger charge is -2.30. The monoisotopic (exact) mass is 612 g/mol. The number of hydrogen-bond acceptors (Lipinski definition) is 7. The highest BCUT2D eigenvalue weighted by atomic mass is 16.5. The number of carbonyl (C=O) groups excluding carboxylic acids is 6. The van der Waals surface area contributed by atoms with Crippen molar-refractivity contribution < 1.29 is 33.5 Å². The first-order valence-electron chi connectivity index (χ1n) is 14.0. The van der Waals surface area contributed by atoms with Gasteiger partial charge in [-0.3, -0.25) is 29.3 Å². The molecular weight excluding hydrogens is 580 g/mol. The lowest BCUT2D eigenvalue weighted by Crippen LogP contribution is -2.59. The van der Waals surface area contributed by atoms with Crippen molar-refractivity contribution >= 4 is 36.1 Å². The van der Waals surface area contributed by atoms with E-state index < -0.39 is 29.4 Å². The Balaban J connectivity index is 0.000000256. The van der Waals surface area contributed by atoms with Gasteiger partial charge in [-0.15, -0.1) is 0 Å². The number of carbonyl (C=O) groups is 6. The van der Waals surface area contributed by atoms with E-state index in [1.807, 2.05) is 36.4 Å². The number of ether oxygens (including phenoxy) is 1. The zero-order valence-corrected chi connectivity index (χ0v) is 24.9. The van der Waals surface area contributed by atoms with Gasteiger partial charge in [0, 0.05) is 31.3 Å². The molecule has 13 heteroatoms. The zero-order chi connectivity index (χ0) is 32.5. The van der Waals surface area contributed by atoms with Crippen LogP contribution >= 0.6 is 0 Å². The maximum Gasteiger partial charge on any atom is 0.322 e. The molecule has 2 unspecified atom stereocenters. The summed E-state index contributed by atoms with van der Waals surface area (Å²) < 4.78 is 5.05. The van der Waals surface area contributed by atoms with Gasteiger partial charge in [0.05, 0.1) is 13.7 Å². The molecule has 0 radical (unpaired) electrons. The summed E-state index contributed by atoms with van der Waals surface area (Å²) in [5.74, 6) is -0.562. The summed E-state index contributed by atoms with van der Waals surface area (Å²) >= 11 is 0. The third-order valence-corrected chi connectivity index (χ3v) is 8.07. The first-order chi connectivity index (χ1) is 21.4. The number of nitrogens with two attached hydrogens (primary N) is 1. The molecule has 1 saturated heterocycles. The number of fused-ring (bicyclic) bond motifs is 2. The Bertz CT molecular complexity index is 1720. The maximum atomic E-state index is 12.8. The van der Waals surface area contributed by atoms with E-state index in [4.69, 9.17) is 10.5 Å². The third-order valence-electron chi connectivity index (χ3n) is 8.07. The number of benzene rings is 3. The van der Waals surface area contributed by atoms with Gasteiger partial charge in [0.15, 0.2) is 0 Å². The molecule has 0 bridgehead atoms. The van der Waals surface area contributed by atoms with Crippen molar-refractivity contribution in [2.24, 2.45) is 5.73 Å². The Labute approximate surface area is 258 Å². The van der Waals surface area contributed by atoms with Crippen molar-refractivity contribution in [3.8, 4) is 16.9 Å². The first-order valence-corrected chi connectivity index (χ1v) is 14.0. The molecule has 13 nitrogen and oxygen atoms in total. The van der Waals surface area contributed by atoms with Crippen molar-refractivity contribution in [3.05, 3.63) is 88.5 Å². The summed E-state index contributed by atoms with van der Waals surface area (Å²) in [7, 11) is 3.40. The van der Waals surface area contributed by atoms with Crippen molar-refractivity contribution in [1.82, 2.24) is 25.8 Å². The van der Waals surface area contributed by atoms with E-state index in [0.29, 0.717) is 24.1 Å². The second kappa shape index (κ2) is 12.1. The van der Waals surface area contributed by atoms with Gasteiger partial charge < -0.3 is 30.9 Å². The molecule has 232 valence electrons. The predicted octanol–water partition coefficient (Wildman–Crippen LogP) is 1.46. The molecule has 0 saturated carbocycles. The van der Waals surface area contributed by atoms with E-state index in [1.165, 1.54) is 11.8 Å². The van der Waals surface area contributed by atoms with Gasteiger partial charge in [0.25, 0.3) is 17.7 Å². The lowest BCUT2D eigenvalue weighted by atomic mass is 9.98. The Morgan fingerprint density at radius 1 is 0.978 bits per heavy atom. The van der Waals surface area contributed by atoms with Crippen LogP contribution in [0.5, 0.6) is 5.75 Å². The number of amides is 7. The second-order valence-electron chi connectivity index (χ2n) is 11.2. The molecular formula is C32H32N6O7. The molecule has 0 spiro atoms. The molecule has 2 atom stereocenters. The van der Waals surface area contributed by atoms with Crippen LogP contribution in [0.15, 0.2) is 60.7 Å². The Morgan fingerprint density at radius 3 is 2.31 bits per heavy atom. The number of rotatable bonds is 8. The molecule has 3 aliphatic heterocycles. The third kappa shape index (κ3) is 6.05. The SMILES string of the molecule is CC(CN1Cc2cc(-c3ccc(C4NC(=O)NC4=O)cc3)ccc2C1=O)(NC=O)C(N)=O.COc1ccc2c(c1)C(=O)N(C)C2. The molecule has 0 aromatic heterocycles. The van der Waals surface area contributed by atoms with Crippen LogP contribution in [-0.2, 0) is 27.5 Å². The van der Waals surface area contributed by atoms with E-state index >= 15 is 0 Å². The van der Waals surface area contributed by atoms with Crippen molar-refractivity contribution in [1.29, 1.82) is 0 Å². The van der Waals surface area contributed by atoms with Crippen LogP contribution in [0.1, 0.15) is 50.4 Å². The number of primary amides is 1. The van der Waals surface area contributed by atoms with Gasteiger partial charge >= 0.3 is 6.03 Å². The average Bonchev–Trinajstić information content (AvgIpc) is 3.63. The number of urea groups is 1. The fourth-order valence-electron chi connectivity index (χ4n) is 5.47. The molecule has 3 aliphatic rings. The molecule has 5 N–H and O–H groups in total. The molecule has 3 aromatic rings. The Morgan fingerprint density at radius 2 is 1.69 bits per heavy atom. The highest BCUT2D eigenvalue weighted by Crippen LogP contribution is 2.30. The first kappa shape index (κ1) is 30.7. The maximum absolute atomic E-state index is 12.8. The van der Waals surface area contributed by atoms with Crippen LogP contribution in [0, 0.1) is 0 Å². The van der Waals surface area contributed by atoms with Crippen molar-refractivity contribution in [2.45, 2.75) is 31.6 Å². The molecule has 1 fully saturated rings. The van der Waals surface area contributed by atoms with Gasteiger partial charge in [-0.25, -0.2) is 4.79 Å². The molecule has 6 rings (SSSR count). The van der Waals surface area contributed by atoms with Gasteiger partial charge in [0.2, 0.25) is 12.3 Å². The summed E-state index contributed by atoms with van der Waals surface area (Å²) in [6, 6.07) is 17.0. The zero-order valence-electron chi connectivity index (χ0n) is 24.9. The molecule has 3 heterocycles. The van der Waals surface area contributed by atoms with Crippen LogP contribution in [0.25, 0.3) is 11.1 Å². The smallest absolute Gasteiger partial charge is 0.322 e. The second-order valence-corrected chi connectivity index (χ2v) is 11.2. The Kier molecular flexibility index (Phi) is 8.27. The quantitative estimate of drug-likeness (QED) is 0.220. The van der Waals surface area contributed by atoms with Gasteiger partial charge in [-0.05, 0) is 59.0 Å². The number of nitrogens with one attached hydrogen (secondary N) is 3.